The van der Waals surface area contributed by atoms with Gasteiger partial charge in [-0.25, -0.2) is 9.67 Å². The van der Waals surface area contributed by atoms with E-state index in [1.807, 2.05) is 38.4 Å². The molecule has 0 radical (unpaired) electrons. The quantitative estimate of drug-likeness (QED) is 0.444. The lowest BCUT2D eigenvalue weighted by Gasteiger charge is -2.27. The molecule has 2 unspecified atom stereocenters. The van der Waals surface area contributed by atoms with E-state index in [2.05, 4.69) is 32.7 Å². The second kappa shape index (κ2) is 11.2. The van der Waals surface area contributed by atoms with Gasteiger partial charge in [-0.3, -0.25) is 4.79 Å². The van der Waals surface area contributed by atoms with Crippen LogP contribution in [0.15, 0.2) is 24.4 Å². The molecule has 186 valence electrons. The minimum absolute atomic E-state index is 0.110. The van der Waals surface area contributed by atoms with Gasteiger partial charge in [-0.05, 0) is 69.2 Å². The van der Waals surface area contributed by atoms with Crippen LogP contribution < -0.4 is 10.1 Å². The minimum atomic E-state index is -0.744. The number of carboxylic acid groups (broad SMARTS) is 1. The zero-order valence-corrected chi connectivity index (χ0v) is 20.6. The van der Waals surface area contributed by atoms with Crippen LogP contribution in [0.1, 0.15) is 62.4 Å². The summed E-state index contributed by atoms with van der Waals surface area (Å²) in [5.74, 6) is 0.303. The van der Waals surface area contributed by atoms with Gasteiger partial charge >= 0.3 is 5.97 Å². The molecular formula is C25H33N7O3. The normalized spacial score (nSPS) is 17.8. The zero-order chi connectivity index (χ0) is 24.8. The molecule has 1 aliphatic rings. The third-order valence-electron chi connectivity index (χ3n) is 6.46. The first kappa shape index (κ1) is 24.6. The van der Waals surface area contributed by atoms with Crippen LogP contribution in [0.5, 0.6) is 5.75 Å². The van der Waals surface area contributed by atoms with Crippen LogP contribution in [0.3, 0.4) is 0 Å². The Morgan fingerprint density at radius 2 is 2.14 bits per heavy atom. The molecule has 10 nitrogen and oxygen atoms in total. The van der Waals surface area contributed by atoms with E-state index in [1.54, 1.807) is 4.68 Å². The molecule has 0 bridgehead atoms. The molecular weight excluding hydrogens is 446 g/mol. The fourth-order valence-corrected chi connectivity index (χ4v) is 4.42. The minimum Gasteiger partial charge on any atom is -0.489 e. The van der Waals surface area contributed by atoms with E-state index >= 15 is 0 Å². The molecule has 1 aliphatic carbocycles. The van der Waals surface area contributed by atoms with E-state index < -0.39 is 5.97 Å². The van der Waals surface area contributed by atoms with Gasteiger partial charge in [-0.1, -0.05) is 18.6 Å². The number of hydrogen-bond donors (Lipinski definition) is 2. The number of aliphatic carboxylic acids is 1. The van der Waals surface area contributed by atoms with Crippen molar-refractivity contribution in [1.29, 1.82) is 0 Å². The molecule has 0 aliphatic heterocycles. The summed E-state index contributed by atoms with van der Waals surface area (Å²) in [6.07, 6.45) is 7.88. The number of aromatic nitrogens is 6. The smallest absolute Gasteiger partial charge is 0.306 e. The Bertz CT molecular complexity index is 1160. The standard InChI is InChI=1S/C25H33N7O3/c1-4-5-7-17-12-23(29-27-14-17)26-15-21-24(30-31-32(21)3)20-10-11-22(16(2)28-20)35-19-9-6-8-18(13-19)25(33)34/h10-12,14,18-19H,4-9,13,15H2,1-3H3,(H,26,29)(H,33,34). The van der Waals surface area contributed by atoms with E-state index in [-0.39, 0.29) is 12.0 Å². The maximum absolute atomic E-state index is 11.4. The highest BCUT2D eigenvalue weighted by atomic mass is 16.5. The lowest BCUT2D eigenvalue weighted by atomic mass is 9.87. The number of unbranched alkanes of at least 4 members (excludes halogenated alkanes) is 1. The van der Waals surface area contributed by atoms with E-state index in [4.69, 9.17) is 9.72 Å². The Hall–Kier alpha value is -3.56. The molecule has 35 heavy (non-hydrogen) atoms. The first-order chi connectivity index (χ1) is 16.9. The van der Waals surface area contributed by atoms with Crippen molar-refractivity contribution in [1.82, 2.24) is 30.2 Å². The Labute approximate surface area is 205 Å². The number of carbonyl (C=O) groups is 1. The predicted molar refractivity (Wildman–Crippen MR) is 131 cm³/mol. The number of anilines is 1. The maximum Gasteiger partial charge on any atom is 0.306 e. The van der Waals surface area contributed by atoms with Gasteiger partial charge in [0.05, 0.1) is 41.8 Å². The van der Waals surface area contributed by atoms with Crippen molar-refractivity contribution in [2.45, 2.75) is 71.4 Å². The van der Waals surface area contributed by atoms with E-state index in [0.29, 0.717) is 42.3 Å². The summed E-state index contributed by atoms with van der Waals surface area (Å²) < 4.78 is 7.87. The van der Waals surface area contributed by atoms with Gasteiger partial charge in [0.25, 0.3) is 0 Å². The number of aryl methyl sites for hydroxylation is 3. The van der Waals surface area contributed by atoms with Crippen molar-refractivity contribution in [3.8, 4) is 17.1 Å². The summed E-state index contributed by atoms with van der Waals surface area (Å²) in [7, 11) is 1.85. The SMILES string of the molecule is CCCCc1cnnc(NCc2c(-c3ccc(OC4CCCC(C(=O)O)C4)c(C)n3)nnn2C)c1. The lowest BCUT2D eigenvalue weighted by Crippen LogP contribution is -2.29. The van der Waals surface area contributed by atoms with Crippen molar-refractivity contribution in [2.24, 2.45) is 13.0 Å². The second-order valence-electron chi connectivity index (χ2n) is 9.14. The van der Waals surface area contributed by atoms with Gasteiger partial charge in [0, 0.05) is 7.05 Å². The van der Waals surface area contributed by atoms with Gasteiger partial charge < -0.3 is 15.2 Å². The average Bonchev–Trinajstić information content (AvgIpc) is 3.23. The monoisotopic (exact) mass is 479 g/mol. The Kier molecular flexibility index (Phi) is 7.89. The topological polar surface area (TPSA) is 128 Å². The molecule has 0 saturated heterocycles. The molecule has 2 N–H and O–H groups in total. The predicted octanol–water partition coefficient (Wildman–Crippen LogP) is 3.95. The third-order valence-corrected chi connectivity index (χ3v) is 6.46. The average molecular weight is 480 g/mol. The molecule has 2 atom stereocenters. The van der Waals surface area contributed by atoms with Crippen LogP contribution in [-0.2, 0) is 24.8 Å². The van der Waals surface area contributed by atoms with Crippen molar-refractivity contribution < 1.29 is 14.6 Å². The van der Waals surface area contributed by atoms with Crippen LogP contribution in [0.2, 0.25) is 0 Å². The van der Waals surface area contributed by atoms with Crippen LogP contribution in [0.25, 0.3) is 11.4 Å². The highest BCUT2D eigenvalue weighted by Crippen LogP contribution is 2.30. The summed E-state index contributed by atoms with van der Waals surface area (Å²) in [5.41, 5.74) is 4.16. The van der Waals surface area contributed by atoms with Crippen molar-refractivity contribution in [2.75, 3.05) is 5.32 Å². The number of rotatable bonds is 10. The van der Waals surface area contributed by atoms with Gasteiger partial charge in [0.1, 0.15) is 17.3 Å². The van der Waals surface area contributed by atoms with Crippen LogP contribution in [-0.4, -0.2) is 47.4 Å². The number of pyridine rings is 1. The summed E-state index contributed by atoms with van der Waals surface area (Å²) in [6.45, 7) is 4.54. The molecule has 0 amide bonds. The Morgan fingerprint density at radius 3 is 2.91 bits per heavy atom. The summed E-state index contributed by atoms with van der Waals surface area (Å²) in [4.78, 5) is 16.1. The Balaban J connectivity index is 1.45. The lowest BCUT2D eigenvalue weighted by molar-refractivity contribution is -0.143. The molecule has 10 heteroatoms. The van der Waals surface area contributed by atoms with Gasteiger partial charge in [0.2, 0.25) is 0 Å². The summed E-state index contributed by atoms with van der Waals surface area (Å²) in [6, 6.07) is 5.79. The van der Waals surface area contributed by atoms with Gasteiger partial charge in [0.15, 0.2) is 0 Å². The first-order valence-electron chi connectivity index (χ1n) is 12.3. The molecule has 4 rings (SSSR count). The molecule has 3 heterocycles. The number of nitrogens with zero attached hydrogens (tertiary/aromatic N) is 6. The van der Waals surface area contributed by atoms with Gasteiger partial charge in [-0.2, -0.15) is 5.10 Å². The highest BCUT2D eigenvalue weighted by Gasteiger charge is 2.28. The Morgan fingerprint density at radius 1 is 1.29 bits per heavy atom. The fraction of sp³-hybridized carbons (Fsp3) is 0.520. The number of nitrogens with one attached hydrogen (secondary N) is 1. The van der Waals surface area contributed by atoms with E-state index in [9.17, 15) is 9.90 Å². The summed E-state index contributed by atoms with van der Waals surface area (Å²) in [5, 5.41) is 29.5. The van der Waals surface area contributed by atoms with Crippen LogP contribution in [0, 0.1) is 12.8 Å². The van der Waals surface area contributed by atoms with Crippen molar-refractivity contribution in [3.63, 3.8) is 0 Å². The number of carboxylic acids is 1. The van der Waals surface area contributed by atoms with Gasteiger partial charge in [-0.15, -0.1) is 10.2 Å². The third kappa shape index (κ3) is 6.12. The van der Waals surface area contributed by atoms with Crippen LogP contribution >= 0.6 is 0 Å². The molecule has 0 spiro atoms. The number of hydrogen-bond acceptors (Lipinski definition) is 8. The largest absolute Gasteiger partial charge is 0.489 e. The van der Waals surface area contributed by atoms with Crippen molar-refractivity contribution in [3.05, 3.63) is 41.3 Å². The van der Waals surface area contributed by atoms with E-state index in [1.165, 1.54) is 0 Å². The number of ether oxygens (including phenoxy) is 1. The molecule has 3 aromatic rings. The fourth-order valence-electron chi connectivity index (χ4n) is 4.42. The summed E-state index contributed by atoms with van der Waals surface area (Å²) >= 11 is 0. The van der Waals surface area contributed by atoms with Crippen LogP contribution in [0.4, 0.5) is 5.82 Å². The maximum atomic E-state index is 11.4. The first-order valence-corrected chi connectivity index (χ1v) is 12.3. The molecule has 0 aromatic carbocycles. The second-order valence-corrected chi connectivity index (χ2v) is 9.14. The zero-order valence-electron chi connectivity index (χ0n) is 20.6. The molecule has 1 saturated carbocycles. The van der Waals surface area contributed by atoms with Crippen molar-refractivity contribution >= 4 is 11.8 Å². The molecule has 3 aromatic heterocycles. The highest BCUT2D eigenvalue weighted by molar-refractivity contribution is 5.70. The van der Waals surface area contributed by atoms with E-state index in [0.717, 1.165) is 49.1 Å². The molecule has 1 fully saturated rings.